The number of carbonyl (C=O) groups excluding carboxylic acids is 2. The van der Waals surface area contributed by atoms with Crippen molar-refractivity contribution in [2.75, 3.05) is 26.8 Å². The molecule has 1 fully saturated rings. The van der Waals surface area contributed by atoms with E-state index in [1.165, 1.54) is 7.11 Å². The summed E-state index contributed by atoms with van der Waals surface area (Å²) in [7, 11) is 1.35. The second-order valence-electron chi connectivity index (χ2n) is 8.32. The maximum absolute atomic E-state index is 12.5. The third kappa shape index (κ3) is 6.82. The summed E-state index contributed by atoms with van der Waals surface area (Å²) in [6.07, 6.45) is 0.453. The Kier molecular flexibility index (Phi) is 7.91. The molecule has 0 unspecified atom stereocenters. The van der Waals surface area contributed by atoms with Crippen molar-refractivity contribution < 1.29 is 29.0 Å². The van der Waals surface area contributed by atoms with Crippen LogP contribution in [0, 0.1) is 11.8 Å². The fraction of sp³-hybridized carbons (Fsp3) is 0.571. The number of rotatable bonds is 7. The van der Waals surface area contributed by atoms with E-state index in [-0.39, 0.29) is 30.9 Å². The molecule has 3 N–H and O–H groups in total. The third-order valence-corrected chi connectivity index (χ3v) is 4.75. The van der Waals surface area contributed by atoms with E-state index >= 15 is 0 Å². The zero-order valence-electron chi connectivity index (χ0n) is 18.0. The lowest BCUT2D eigenvalue weighted by Crippen LogP contribution is -2.36. The van der Waals surface area contributed by atoms with Crippen LogP contribution in [0.1, 0.15) is 32.8 Å². The van der Waals surface area contributed by atoms with Crippen LogP contribution in [-0.2, 0) is 20.7 Å². The van der Waals surface area contributed by atoms with Crippen LogP contribution in [0.3, 0.4) is 0 Å². The first-order valence-corrected chi connectivity index (χ1v) is 9.87. The molecule has 0 spiro atoms. The third-order valence-electron chi connectivity index (χ3n) is 4.75. The van der Waals surface area contributed by atoms with Gasteiger partial charge in [0.05, 0.1) is 19.6 Å². The Morgan fingerprint density at radius 3 is 2.67 bits per heavy atom. The summed E-state index contributed by atoms with van der Waals surface area (Å²) < 4.78 is 16.1. The maximum atomic E-state index is 12.5. The number of nitrogens with zero attached hydrogens (tertiary/aromatic N) is 2. The minimum Gasteiger partial charge on any atom is -0.493 e. The number of ether oxygens (including phenoxy) is 3. The average molecular weight is 421 g/mol. The van der Waals surface area contributed by atoms with E-state index in [1.54, 1.807) is 4.90 Å². The number of amides is 1. The molecule has 30 heavy (non-hydrogen) atoms. The smallest absolute Gasteiger partial charge is 0.410 e. The van der Waals surface area contributed by atoms with Crippen LogP contribution < -0.4 is 10.5 Å². The first-order chi connectivity index (χ1) is 14.1. The highest BCUT2D eigenvalue weighted by Crippen LogP contribution is 2.30. The number of oxime groups is 1. The first-order valence-electron chi connectivity index (χ1n) is 9.87. The molecule has 9 heteroatoms. The van der Waals surface area contributed by atoms with Gasteiger partial charge in [-0.05, 0) is 50.8 Å². The van der Waals surface area contributed by atoms with Crippen LogP contribution in [0.4, 0.5) is 4.79 Å². The van der Waals surface area contributed by atoms with Gasteiger partial charge in [-0.3, -0.25) is 4.79 Å². The highest BCUT2D eigenvalue weighted by atomic mass is 16.6. The van der Waals surface area contributed by atoms with Crippen molar-refractivity contribution in [3.8, 4) is 5.75 Å². The summed E-state index contributed by atoms with van der Waals surface area (Å²) in [5.74, 6) is -0.114. The number of benzene rings is 1. The van der Waals surface area contributed by atoms with Crippen LogP contribution in [0.25, 0.3) is 0 Å². The number of carbonyl (C=O) groups is 2. The van der Waals surface area contributed by atoms with Gasteiger partial charge in [-0.15, -0.1) is 0 Å². The standard InChI is InChI=1S/C21H31N3O6/c1-21(2,3)30-20(26)24-12-15(17(13-24)19(25)28-4)10-14-6-5-7-16(11-14)29-9-8-18(22)23-27/h5-7,11,15,17,27H,8-10,12-13H2,1-4H3,(H2,22,23)/t15-,17+/m1/s1. The zero-order valence-corrected chi connectivity index (χ0v) is 18.0. The molecule has 0 aromatic heterocycles. The molecule has 166 valence electrons. The number of nitrogens with two attached hydrogens (primary N) is 1. The zero-order chi connectivity index (χ0) is 22.3. The van der Waals surface area contributed by atoms with Crippen molar-refractivity contribution in [1.29, 1.82) is 0 Å². The number of methoxy groups -OCH3 is 1. The fourth-order valence-electron chi connectivity index (χ4n) is 3.36. The summed E-state index contributed by atoms with van der Waals surface area (Å²) in [6.45, 7) is 6.37. The SMILES string of the molecule is COC(=O)[C@H]1CN(C(=O)OC(C)(C)C)C[C@H]1Cc1cccc(OCCC(N)=NO)c1. The largest absolute Gasteiger partial charge is 0.493 e. The predicted octanol–water partition coefficient (Wildman–Crippen LogP) is 2.40. The molecule has 0 radical (unpaired) electrons. The predicted molar refractivity (Wildman–Crippen MR) is 110 cm³/mol. The van der Waals surface area contributed by atoms with Crippen molar-refractivity contribution in [2.24, 2.45) is 22.7 Å². The number of hydrogen-bond acceptors (Lipinski definition) is 7. The minimum absolute atomic E-state index is 0.0975. The highest BCUT2D eigenvalue weighted by molar-refractivity contribution is 5.79. The molecule has 9 nitrogen and oxygen atoms in total. The van der Waals surface area contributed by atoms with E-state index in [1.807, 2.05) is 45.0 Å². The first kappa shape index (κ1) is 23.3. The van der Waals surface area contributed by atoms with Gasteiger partial charge in [-0.25, -0.2) is 4.79 Å². The molecule has 0 aliphatic carbocycles. The summed E-state index contributed by atoms with van der Waals surface area (Å²) in [4.78, 5) is 26.3. The van der Waals surface area contributed by atoms with Crippen LogP contribution in [-0.4, -0.2) is 60.4 Å². The quantitative estimate of drug-likeness (QED) is 0.228. The molecule has 1 aliphatic heterocycles. The Balaban J connectivity index is 2.06. The number of amidine groups is 1. The van der Waals surface area contributed by atoms with E-state index in [9.17, 15) is 9.59 Å². The van der Waals surface area contributed by atoms with Gasteiger partial charge in [0.1, 0.15) is 17.2 Å². The molecule has 2 atom stereocenters. The highest BCUT2D eigenvalue weighted by Gasteiger charge is 2.41. The summed E-state index contributed by atoms with van der Waals surface area (Å²) in [5, 5.41) is 11.5. The van der Waals surface area contributed by atoms with E-state index in [0.29, 0.717) is 25.1 Å². The second kappa shape index (κ2) is 10.2. The number of likely N-dealkylation sites (tertiary alicyclic amines) is 1. The lowest BCUT2D eigenvalue weighted by molar-refractivity contribution is -0.146. The Bertz CT molecular complexity index is 774. The minimum atomic E-state index is -0.605. The Labute approximate surface area is 176 Å². The van der Waals surface area contributed by atoms with Gasteiger partial charge in [0.15, 0.2) is 0 Å². The molecule has 1 aromatic carbocycles. The van der Waals surface area contributed by atoms with Gasteiger partial charge in [0, 0.05) is 19.5 Å². The molecule has 1 saturated heterocycles. The van der Waals surface area contributed by atoms with E-state index in [2.05, 4.69) is 5.16 Å². The normalized spacial score (nSPS) is 19.5. The number of hydrogen-bond donors (Lipinski definition) is 2. The van der Waals surface area contributed by atoms with Crippen LogP contribution in [0.5, 0.6) is 5.75 Å². The van der Waals surface area contributed by atoms with Gasteiger partial charge in [0.2, 0.25) is 0 Å². The molecule has 1 amide bonds. The number of esters is 1. The Hall–Kier alpha value is -2.97. The molecular formula is C21H31N3O6. The van der Waals surface area contributed by atoms with E-state index < -0.39 is 17.6 Å². The molecule has 0 saturated carbocycles. The summed E-state index contributed by atoms with van der Waals surface area (Å²) in [5.41, 5.74) is 5.81. The second-order valence-corrected chi connectivity index (χ2v) is 8.32. The molecule has 1 heterocycles. The monoisotopic (exact) mass is 421 g/mol. The maximum Gasteiger partial charge on any atom is 0.410 e. The van der Waals surface area contributed by atoms with Crippen molar-refractivity contribution >= 4 is 17.9 Å². The topological polar surface area (TPSA) is 124 Å². The molecule has 1 aliphatic rings. The lowest BCUT2D eigenvalue weighted by atomic mass is 9.89. The van der Waals surface area contributed by atoms with Gasteiger partial charge in [-0.2, -0.15) is 0 Å². The molecular weight excluding hydrogens is 390 g/mol. The van der Waals surface area contributed by atoms with E-state index in [4.69, 9.17) is 25.2 Å². The van der Waals surface area contributed by atoms with Crippen LogP contribution in [0.2, 0.25) is 0 Å². The lowest BCUT2D eigenvalue weighted by Gasteiger charge is -2.24. The van der Waals surface area contributed by atoms with Gasteiger partial charge in [-0.1, -0.05) is 17.3 Å². The summed E-state index contributed by atoms with van der Waals surface area (Å²) in [6, 6.07) is 7.51. The van der Waals surface area contributed by atoms with Crippen molar-refractivity contribution in [3.63, 3.8) is 0 Å². The fourth-order valence-corrected chi connectivity index (χ4v) is 3.36. The summed E-state index contributed by atoms with van der Waals surface area (Å²) >= 11 is 0. The Morgan fingerprint density at radius 1 is 1.30 bits per heavy atom. The van der Waals surface area contributed by atoms with E-state index in [0.717, 1.165) is 5.56 Å². The van der Waals surface area contributed by atoms with Gasteiger partial charge >= 0.3 is 12.1 Å². The Morgan fingerprint density at radius 2 is 2.03 bits per heavy atom. The molecule has 2 rings (SSSR count). The van der Waals surface area contributed by atoms with Gasteiger partial charge < -0.3 is 30.1 Å². The van der Waals surface area contributed by atoms with Crippen molar-refractivity contribution in [3.05, 3.63) is 29.8 Å². The van der Waals surface area contributed by atoms with Crippen molar-refractivity contribution in [1.82, 2.24) is 4.90 Å². The molecule has 0 bridgehead atoms. The van der Waals surface area contributed by atoms with Crippen LogP contribution in [0.15, 0.2) is 29.4 Å². The van der Waals surface area contributed by atoms with Gasteiger partial charge in [0.25, 0.3) is 0 Å². The average Bonchev–Trinajstić information content (AvgIpc) is 3.10. The van der Waals surface area contributed by atoms with Crippen molar-refractivity contribution in [2.45, 2.75) is 39.2 Å². The molecule has 1 aromatic rings. The van der Waals surface area contributed by atoms with Crippen LogP contribution >= 0.6 is 0 Å².